The summed E-state index contributed by atoms with van der Waals surface area (Å²) in [7, 11) is 0. The van der Waals surface area contributed by atoms with Gasteiger partial charge in [-0.1, -0.05) is 38.7 Å². The lowest BCUT2D eigenvalue weighted by atomic mass is 10.2. The molecule has 5 nitrogen and oxygen atoms in total. The minimum atomic E-state index is -0.557. The summed E-state index contributed by atoms with van der Waals surface area (Å²) in [4.78, 5) is 12.1. The Hall–Kier alpha value is -2.04. The second kappa shape index (κ2) is 12.5. The van der Waals surface area contributed by atoms with E-state index in [0.717, 1.165) is 12.8 Å². The van der Waals surface area contributed by atoms with Gasteiger partial charge >= 0.3 is 5.97 Å². The zero-order chi connectivity index (χ0) is 21.1. The summed E-state index contributed by atoms with van der Waals surface area (Å²) in [6, 6.07) is 12.4. The number of carbonyl (C=O) groups excluding carboxylic acids is 1. The monoisotopic (exact) mass is 523 g/mol. The maximum Gasteiger partial charge on any atom is 0.349 e. The summed E-state index contributed by atoms with van der Waals surface area (Å²) in [5.74, 6) is 0.989. The Morgan fingerprint density at radius 1 is 1.00 bits per heavy atom. The van der Waals surface area contributed by atoms with Crippen molar-refractivity contribution in [3.8, 4) is 23.3 Å². The van der Waals surface area contributed by atoms with Gasteiger partial charge in [0.1, 0.15) is 11.5 Å². The zero-order valence-electron chi connectivity index (χ0n) is 16.2. The fourth-order valence-corrected chi connectivity index (χ4v) is 3.91. The van der Waals surface area contributed by atoms with Crippen LogP contribution in [0.5, 0.6) is 17.2 Å². The predicted molar refractivity (Wildman–Crippen MR) is 118 cm³/mol. The van der Waals surface area contributed by atoms with Crippen LogP contribution in [0.15, 0.2) is 45.3 Å². The maximum absolute atomic E-state index is 12.1. The highest BCUT2D eigenvalue weighted by molar-refractivity contribution is 9.11. The van der Waals surface area contributed by atoms with Crippen molar-refractivity contribution in [2.24, 2.45) is 0 Å². The van der Waals surface area contributed by atoms with Gasteiger partial charge in [0, 0.05) is 6.07 Å². The average Bonchev–Trinajstić information content (AvgIpc) is 2.72. The number of carbonyl (C=O) groups is 1. The van der Waals surface area contributed by atoms with E-state index in [0.29, 0.717) is 38.4 Å². The highest BCUT2D eigenvalue weighted by atomic mass is 79.9. The Labute approximate surface area is 188 Å². The summed E-state index contributed by atoms with van der Waals surface area (Å²) in [5, 5.41) is 8.96. The Bertz CT molecular complexity index is 841. The second-order valence-electron chi connectivity index (χ2n) is 6.38. The Kier molecular flexibility index (Phi) is 10.0. The molecule has 0 aliphatic rings. The van der Waals surface area contributed by atoms with E-state index in [2.05, 4.69) is 38.8 Å². The molecule has 0 saturated heterocycles. The van der Waals surface area contributed by atoms with E-state index in [1.54, 1.807) is 24.3 Å². The van der Waals surface area contributed by atoms with Crippen LogP contribution in [0.3, 0.4) is 0 Å². The Balaban J connectivity index is 1.82. The molecule has 0 radical (unpaired) electrons. The van der Waals surface area contributed by atoms with Gasteiger partial charge in [0.25, 0.3) is 0 Å². The van der Waals surface area contributed by atoms with Gasteiger partial charge in [-0.15, -0.1) is 0 Å². The van der Waals surface area contributed by atoms with E-state index in [1.807, 2.05) is 18.2 Å². The summed E-state index contributed by atoms with van der Waals surface area (Å²) >= 11 is 6.60. The molecule has 0 saturated carbocycles. The number of hydrogen-bond donors (Lipinski definition) is 0. The highest BCUT2D eigenvalue weighted by Crippen LogP contribution is 2.34. The van der Waals surface area contributed by atoms with Crippen LogP contribution in [-0.4, -0.2) is 19.2 Å². The molecular formula is C22H23Br2NO4. The molecule has 0 aliphatic carbocycles. The van der Waals surface area contributed by atoms with E-state index in [-0.39, 0.29) is 6.61 Å². The van der Waals surface area contributed by atoms with Crippen molar-refractivity contribution in [1.82, 2.24) is 0 Å². The average molecular weight is 525 g/mol. The zero-order valence-corrected chi connectivity index (χ0v) is 19.4. The Morgan fingerprint density at radius 2 is 1.66 bits per heavy atom. The topological polar surface area (TPSA) is 68.6 Å². The molecule has 0 fully saturated rings. The van der Waals surface area contributed by atoms with Crippen LogP contribution in [0.4, 0.5) is 0 Å². The third kappa shape index (κ3) is 8.08. The SMILES string of the molecule is CCCCCCCOc1cccc(OCC(=O)Oc2c(Br)cc(C#N)cc2Br)c1. The number of hydrogen-bond acceptors (Lipinski definition) is 5. The molecule has 0 aromatic heterocycles. The first-order valence-electron chi connectivity index (χ1n) is 9.49. The standard InChI is InChI=1S/C22H23Br2NO4/c1-2-3-4-5-6-10-27-17-8-7-9-18(13-17)28-15-21(26)29-22-19(23)11-16(14-25)12-20(22)24/h7-9,11-13H,2-6,10,15H2,1H3. The van der Waals surface area contributed by atoms with Crippen LogP contribution in [0.2, 0.25) is 0 Å². The number of benzene rings is 2. The number of ether oxygens (including phenoxy) is 3. The van der Waals surface area contributed by atoms with Crippen molar-refractivity contribution in [1.29, 1.82) is 5.26 Å². The normalized spacial score (nSPS) is 10.3. The highest BCUT2D eigenvalue weighted by Gasteiger charge is 2.14. The van der Waals surface area contributed by atoms with Gasteiger partial charge in [0.15, 0.2) is 12.4 Å². The number of nitriles is 1. The summed E-state index contributed by atoms with van der Waals surface area (Å²) in [6.45, 7) is 2.61. The number of esters is 1. The van der Waals surface area contributed by atoms with Crippen molar-refractivity contribution >= 4 is 37.8 Å². The summed E-state index contributed by atoms with van der Waals surface area (Å²) in [5.41, 5.74) is 0.446. The van der Waals surface area contributed by atoms with Crippen molar-refractivity contribution in [2.75, 3.05) is 13.2 Å². The van der Waals surface area contributed by atoms with E-state index >= 15 is 0 Å². The minimum absolute atomic E-state index is 0.251. The summed E-state index contributed by atoms with van der Waals surface area (Å²) in [6.07, 6.45) is 5.90. The number of unbranched alkanes of at least 4 members (excludes halogenated alkanes) is 4. The summed E-state index contributed by atoms with van der Waals surface area (Å²) < 4.78 is 17.6. The molecule has 7 heteroatoms. The molecule has 0 aliphatic heterocycles. The first-order chi connectivity index (χ1) is 14.0. The van der Waals surface area contributed by atoms with Crippen LogP contribution in [0, 0.1) is 11.3 Å². The lowest BCUT2D eigenvalue weighted by Crippen LogP contribution is -2.18. The van der Waals surface area contributed by atoms with Crippen LogP contribution in [0.1, 0.15) is 44.6 Å². The largest absolute Gasteiger partial charge is 0.493 e. The first kappa shape index (κ1) is 23.2. The second-order valence-corrected chi connectivity index (χ2v) is 8.09. The van der Waals surface area contributed by atoms with Crippen LogP contribution < -0.4 is 14.2 Å². The number of nitrogens with zero attached hydrogens (tertiary/aromatic N) is 1. The first-order valence-corrected chi connectivity index (χ1v) is 11.1. The molecule has 154 valence electrons. The molecule has 0 N–H and O–H groups in total. The van der Waals surface area contributed by atoms with E-state index in [4.69, 9.17) is 19.5 Å². The molecular weight excluding hydrogens is 502 g/mol. The van der Waals surface area contributed by atoms with Crippen molar-refractivity contribution < 1.29 is 19.0 Å². The molecule has 0 bridgehead atoms. The lowest BCUT2D eigenvalue weighted by Gasteiger charge is -2.11. The van der Waals surface area contributed by atoms with Gasteiger partial charge < -0.3 is 14.2 Å². The van der Waals surface area contributed by atoms with Gasteiger partial charge in [-0.25, -0.2) is 4.79 Å². The third-order valence-electron chi connectivity index (χ3n) is 4.02. The predicted octanol–water partition coefficient (Wildman–Crippen LogP) is 6.42. The van der Waals surface area contributed by atoms with E-state index < -0.39 is 5.97 Å². The molecule has 2 aromatic carbocycles. The van der Waals surface area contributed by atoms with Crippen molar-refractivity contribution in [3.05, 3.63) is 50.9 Å². The van der Waals surface area contributed by atoms with Crippen LogP contribution in [0.25, 0.3) is 0 Å². The van der Waals surface area contributed by atoms with Gasteiger partial charge in [-0.3, -0.25) is 0 Å². The lowest BCUT2D eigenvalue weighted by molar-refractivity contribution is -0.136. The molecule has 0 spiro atoms. The molecule has 29 heavy (non-hydrogen) atoms. The molecule has 0 unspecified atom stereocenters. The van der Waals surface area contributed by atoms with Crippen molar-refractivity contribution in [3.63, 3.8) is 0 Å². The quantitative estimate of drug-likeness (QED) is 0.193. The maximum atomic E-state index is 12.1. The molecule has 0 heterocycles. The molecule has 2 rings (SSSR count). The molecule has 0 amide bonds. The van der Waals surface area contributed by atoms with Gasteiger partial charge in [0.2, 0.25) is 0 Å². The number of halogens is 2. The molecule has 2 aromatic rings. The van der Waals surface area contributed by atoms with E-state index in [9.17, 15) is 4.79 Å². The Morgan fingerprint density at radius 3 is 2.31 bits per heavy atom. The number of rotatable bonds is 11. The third-order valence-corrected chi connectivity index (χ3v) is 5.20. The fourth-order valence-electron chi connectivity index (χ4n) is 2.56. The van der Waals surface area contributed by atoms with Gasteiger partial charge in [-0.2, -0.15) is 5.26 Å². The van der Waals surface area contributed by atoms with Gasteiger partial charge in [0.05, 0.1) is 27.2 Å². The van der Waals surface area contributed by atoms with E-state index in [1.165, 1.54) is 19.3 Å². The van der Waals surface area contributed by atoms with Crippen LogP contribution >= 0.6 is 31.9 Å². The molecule has 0 atom stereocenters. The van der Waals surface area contributed by atoms with Crippen LogP contribution in [-0.2, 0) is 4.79 Å². The smallest absolute Gasteiger partial charge is 0.349 e. The fraction of sp³-hybridized carbons (Fsp3) is 0.364. The van der Waals surface area contributed by atoms with Gasteiger partial charge in [-0.05, 0) is 62.5 Å². The minimum Gasteiger partial charge on any atom is -0.493 e. The van der Waals surface area contributed by atoms with Crippen molar-refractivity contribution in [2.45, 2.75) is 39.0 Å².